The Hall–Kier alpha value is -1.26. The highest BCUT2D eigenvalue weighted by molar-refractivity contribution is 5.36. The van der Waals surface area contributed by atoms with Gasteiger partial charge in [-0.25, -0.2) is 0 Å². The number of aryl methyl sites for hydroxylation is 1. The van der Waals surface area contributed by atoms with E-state index in [0.29, 0.717) is 0 Å². The standard InChI is InChI=1S/C17H25N/c1-4-13-18(14-5-2)15-7-8-17-11-9-16(6-3)10-12-17/h9-12H,4-6,13-15H2,1-3H3. The summed E-state index contributed by atoms with van der Waals surface area (Å²) in [5.74, 6) is 6.54. The molecule has 0 aromatic heterocycles. The lowest BCUT2D eigenvalue weighted by atomic mass is 10.1. The Kier molecular flexibility index (Phi) is 7.22. The van der Waals surface area contributed by atoms with Crippen LogP contribution in [0, 0.1) is 11.8 Å². The quantitative estimate of drug-likeness (QED) is 0.688. The molecule has 0 atom stereocenters. The minimum Gasteiger partial charge on any atom is -0.292 e. The van der Waals surface area contributed by atoms with E-state index >= 15 is 0 Å². The van der Waals surface area contributed by atoms with Gasteiger partial charge in [0.05, 0.1) is 6.54 Å². The largest absolute Gasteiger partial charge is 0.292 e. The maximum atomic E-state index is 3.28. The first-order chi connectivity index (χ1) is 8.80. The minimum atomic E-state index is 0.886. The van der Waals surface area contributed by atoms with E-state index in [-0.39, 0.29) is 0 Å². The zero-order chi connectivity index (χ0) is 13.2. The summed E-state index contributed by atoms with van der Waals surface area (Å²) in [6.07, 6.45) is 3.49. The summed E-state index contributed by atoms with van der Waals surface area (Å²) in [6, 6.07) is 8.57. The van der Waals surface area contributed by atoms with Gasteiger partial charge < -0.3 is 0 Å². The minimum absolute atomic E-state index is 0.886. The van der Waals surface area contributed by atoms with Crippen molar-refractivity contribution in [2.24, 2.45) is 0 Å². The fourth-order valence-corrected chi connectivity index (χ4v) is 1.98. The molecule has 0 amide bonds. The van der Waals surface area contributed by atoms with Crippen molar-refractivity contribution < 1.29 is 0 Å². The highest BCUT2D eigenvalue weighted by Gasteiger charge is 1.98. The van der Waals surface area contributed by atoms with E-state index in [1.54, 1.807) is 0 Å². The molecule has 0 aliphatic rings. The van der Waals surface area contributed by atoms with E-state index in [1.165, 1.54) is 18.4 Å². The molecule has 0 aliphatic carbocycles. The van der Waals surface area contributed by atoms with Crippen molar-refractivity contribution in [3.8, 4) is 11.8 Å². The van der Waals surface area contributed by atoms with E-state index in [4.69, 9.17) is 0 Å². The van der Waals surface area contributed by atoms with Crippen molar-refractivity contribution in [2.75, 3.05) is 19.6 Å². The first kappa shape index (κ1) is 14.8. The average molecular weight is 243 g/mol. The third-order valence-electron chi connectivity index (χ3n) is 2.98. The molecule has 0 N–H and O–H groups in total. The SMILES string of the molecule is CCCN(CC#Cc1ccc(CC)cc1)CCC. The average Bonchev–Trinajstić information content (AvgIpc) is 2.40. The van der Waals surface area contributed by atoms with Gasteiger partial charge >= 0.3 is 0 Å². The molecule has 0 aliphatic heterocycles. The molecule has 0 fully saturated rings. The summed E-state index contributed by atoms with van der Waals surface area (Å²) in [4.78, 5) is 2.42. The first-order valence-electron chi connectivity index (χ1n) is 7.10. The van der Waals surface area contributed by atoms with Crippen molar-refractivity contribution in [3.63, 3.8) is 0 Å². The van der Waals surface area contributed by atoms with Gasteiger partial charge in [-0.15, -0.1) is 0 Å². The number of hydrogen-bond donors (Lipinski definition) is 0. The van der Waals surface area contributed by atoms with Crippen LogP contribution in [0.15, 0.2) is 24.3 Å². The van der Waals surface area contributed by atoms with E-state index in [0.717, 1.165) is 31.6 Å². The second-order valence-electron chi connectivity index (χ2n) is 4.63. The molecule has 1 nitrogen and oxygen atoms in total. The molecule has 0 radical (unpaired) electrons. The number of nitrogens with zero attached hydrogens (tertiary/aromatic N) is 1. The number of benzene rings is 1. The first-order valence-corrected chi connectivity index (χ1v) is 7.10. The molecule has 0 spiro atoms. The molecular weight excluding hydrogens is 218 g/mol. The summed E-state index contributed by atoms with van der Waals surface area (Å²) in [5.41, 5.74) is 2.50. The summed E-state index contributed by atoms with van der Waals surface area (Å²) in [7, 11) is 0. The fourth-order valence-electron chi connectivity index (χ4n) is 1.98. The van der Waals surface area contributed by atoms with Gasteiger partial charge in [-0.3, -0.25) is 4.90 Å². The van der Waals surface area contributed by atoms with Crippen LogP contribution in [0.5, 0.6) is 0 Å². The molecule has 0 bridgehead atoms. The Morgan fingerprint density at radius 1 is 0.944 bits per heavy atom. The second kappa shape index (κ2) is 8.78. The lowest BCUT2D eigenvalue weighted by molar-refractivity contribution is 0.308. The smallest absolute Gasteiger partial charge is 0.0605 e. The van der Waals surface area contributed by atoms with Crippen LogP contribution in [0.3, 0.4) is 0 Å². The monoisotopic (exact) mass is 243 g/mol. The molecule has 0 saturated heterocycles. The topological polar surface area (TPSA) is 3.24 Å². The zero-order valence-electron chi connectivity index (χ0n) is 12.0. The van der Waals surface area contributed by atoms with Crippen LogP contribution >= 0.6 is 0 Å². The molecule has 1 aromatic rings. The highest BCUT2D eigenvalue weighted by Crippen LogP contribution is 2.03. The van der Waals surface area contributed by atoms with Crippen LogP contribution < -0.4 is 0 Å². The van der Waals surface area contributed by atoms with E-state index in [9.17, 15) is 0 Å². The van der Waals surface area contributed by atoms with Gasteiger partial charge in [-0.1, -0.05) is 44.7 Å². The van der Waals surface area contributed by atoms with Gasteiger partial charge in [0.2, 0.25) is 0 Å². The molecule has 18 heavy (non-hydrogen) atoms. The van der Waals surface area contributed by atoms with Gasteiger partial charge in [-0.05, 0) is 50.0 Å². The van der Waals surface area contributed by atoms with Gasteiger partial charge in [0.25, 0.3) is 0 Å². The van der Waals surface area contributed by atoms with Gasteiger partial charge in [0.15, 0.2) is 0 Å². The third kappa shape index (κ3) is 5.38. The summed E-state index contributed by atoms with van der Waals surface area (Å²) in [6.45, 7) is 9.80. The second-order valence-corrected chi connectivity index (χ2v) is 4.63. The fraction of sp³-hybridized carbons (Fsp3) is 0.529. The Bertz CT molecular complexity index is 374. The summed E-state index contributed by atoms with van der Waals surface area (Å²) >= 11 is 0. The van der Waals surface area contributed by atoms with Crippen LogP contribution in [-0.2, 0) is 6.42 Å². The highest BCUT2D eigenvalue weighted by atomic mass is 15.1. The Morgan fingerprint density at radius 2 is 1.56 bits per heavy atom. The van der Waals surface area contributed by atoms with E-state index < -0.39 is 0 Å². The third-order valence-corrected chi connectivity index (χ3v) is 2.98. The van der Waals surface area contributed by atoms with Crippen molar-refractivity contribution >= 4 is 0 Å². The van der Waals surface area contributed by atoms with Crippen molar-refractivity contribution in [1.82, 2.24) is 4.90 Å². The van der Waals surface area contributed by atoms with Gasteiger partial charge in [0.1, 0.15) is 0 Å². The summed E-state index contributed by atoms with van der Waals surface area (Å²) < 4.78 is 0. The molecule has 1 heteroatoms. The maximum absolute atomic E-state index is 3.28. The number of rotatable bonds is 6. The van der Waals surface area contributed by atoms with Crippen LogP contribution in [-0.4, -0.2) is 24.5 Å². The van der Waals surface area contributed by atoms with Crippen LogP contribution in [0.2, 0.25) is 0 Å². The molecule has 1 rings (SSSR count). The lowest BCUT2D eigenvalue weighted by Gasteiger charge is -2.17. The molecule has 98 valence electrons. The predicted molar refractivity (Wildman–Crippen MR) is 79.7 cm³/mol. The van der Waals surface area contributed by atoms with Crippen LogP contribution in [0.25, 0.3) is 0 Å². The number of hydrogen-bond acceptors (Lipinski definition) is 1. The van der Waals surface area contributed by atoms with Gasteiger partial charge in [0, 0.05) is 5.56 Å². The maximum Gasteiger partial charge on any atom is 0.0605 e. The Labute approximate surface area is 112 Å². The lowest BCUT2D eigenvalue weighted by Crippen LogP contribution is -2.25. The Balaban J connectivity index is 2.52. The Morgan fingerprint density at radius 3 is 2.06 bits per heavy atom. The van der Waals surface area contributed by atoms with Crippen LogP contribution in [0.1, 0.15) is 44.7 Å². The predicted octanol–water partition coefficient (Wildman–Crippen LogP) is 3.72. The summed E-state index contributed by atoms with van der Waals surface area (Å²) in [5, 5.41) is 0. The van der Waals surface area contributed by atoms with Crippen molar-refractivity contribution in [2.45, 2.75) is 40.0 Å². The molecule has 0 saturated carbocycles. The molecule has 0 unspecified atom stereocenters. The molecular formula is C17H25N. The van der Waals surface area contributed by atoms with Crippen LogP contribution in [0.4, 0.5) is 0 Å². The normalized spacial score (nSPS) is 10.2. The zero-order valence-corrected chi connectivity index (χ0v) is 12.0. The molecule has 1 aromatic carbocycles. The van der Waals surface area contributed by atoms with E-state index in [1.807, 2.05) is 0 Å². The van der Waals surface area contributed by atoms with Gasteiger partial charge in [-0.2, -0.15) is 0 Å². The molecule has 0 heterocycles. The van der Waals surface area contributed by atoms with Crippen molar-refractivity contribution in [1.29, 1.82) is 0 Å². The van der Waals surface area contributed by atoms with E-state index in [2.05, 4.69) is 61.8 Å². The van der Waals surface area contributed by atoms with Crippen molar-refractivity contribution in [3.05, 3.63) is 35.4 Å².